The van der Waals surface area contributed by atoms with E-state index in [4.69, 9.17) is 4.42 Å². The Balaban J connectivity index is 1.34. The van der Waals surface area contributed by atoms with Crippen LogP contribution in [0.1, 0.15) is 11.5 Å². The Morgan fingerprint density at radius 1 is 1.27 bits per heavy atom. The molecular weight excluding hydrogens is 350 g/mol. The lowest BCUT2D eigenvalue weighted by Crippen LogP contribution is -2.21. The van der Waals surface area contributed by atoms with Gasteiger partial charge in [0.05, 0.1) is 12.6 Å². The molecule has 1 aliphatic rings. The van der Waals surface area contributed by atoms with Gasteiger partial charge >= 0.3 is 0 Å². The zero-order chi connectivity index (χ0) is 17.9. The highest BCUT2D eigenvalue weighted by Crippen LogP contribution is 2.29. The van der Waals surface area contributed by atoms with Gasteiger partial charge in [-0.15, -0.1) is 10.2 Å². The highest BCUT2D eigenvalue weighted by Gasteiger charge is 2.32. The zero-order valence-electron chi connectivity index (χ0n) is 14.5. The van der Waals surface area contributed by atoms with Gasteiger partial charge in [-0.05, 0) is 42.4 Å². The van der Waals surface area contributed by atoms with Crippen LogP contribution in [0.3, 0.4) is 0 Å². The molecular formula is C18H21N5O2S. The number of rotatable bonds is 6. The lowest BCUT2D eigenvalue weighted by molar-refractivity contribution is 0.139. The lowest BCUT2D eigenvalue weighted by Gasteiger charge is -2.14. The fourth-order valence-corrected chi connectivity index (χ4v) is 3.98. The van der Waals surface area contributed by atoms with Crippen molar-refractivity contribution in [2.45, 2.75) is 29.3 Å². The molecule has 2 atom stereocenters. The minimum Gasteiger partial charge on any atom is -0.453 e. The molecule has 1 saturated heterocycles. The van der Waals surface area contributed by atoms with E-state index in [2.05, 4.69) is 20.1 Å². The Morgan fingerprint density at radius 2 is 2.19 bits per heavy atom. The molecule has 3 aromatic rings. The molecule has 0 aromatic carbocycles. The number of furan rings is 1. The third-order valence-corrected chi connectivity index (χ3v) is 5.53. The van der Waals surface area contributed by atoms with Gasteiger partial charge in [-0.3, -0.25) is 9.88 Å². The van der Waals surface area contributed by atoms with Crippen LogP contribution in [0.25, 0.3) is 0 Å². The number of hydrogen-bond acceptors (Lipinski definition) is 7. The molecule has 0 unspecified atom stereocenters. The maximum absolute atomic E-state index is 10.4. The predicted octanol–water partition coefficient (Wildman–Crippen LogP) is 1.99. The van der Waals surface area contributed by atoms with Crippen LogP contribution in [0.2, 0.25) is 0 Å². The number of aliphatic hydroxyl groups is 1. The van der Waals surface area contributed by atoms with Crippen LogP contribution in [0.15, 0.2) is 57.5 Å². The summed E-state index contributed by atoms with van der Waals surface area (Å²) >= 11 is 1.45. The average Bonchev–Trinajstić information content (AvgIpc) is 3.33. The summed E-state index contributed by atoms with van der Waals surface area (Å²) in [4.78, 5) is 6.60. The van der Waals surface area contributed by atoms with E-state index in [9.17, 15) is 5.11 Å². The molecule has 4 heterocycles. The molecule has 26 heavy (non-hydrogen) atoms. The summed E-state index contributed by atoms with van der Waals surface area (Å²) in [5, 5.41) is 19.9. The molecule has 0 radical (unpaired) electrons. The van der Waals surface area contributed by atoms with Crippen LogP contribution in [0.5, 0.6) is 0 Å². The van der Waals surface area contributed by atoms with E-state index in [1.54, 1.807) is 12.5 Å². The zero-order valence-corrected chi connectivity index (χ0v) is 15.3. The van der Waals surface area contributed by atoms with Crippen molar-refractivity contribution in [2.75, 3.05) is 13.1 Å². The maximum Gasteiger partial charge on any atom is 0.198 e. The van der Waals surface area contributed by atoms with E-state index in [1.165, 1.54) is 11.8 Å². The van der Waals surface area contributed by atoms with Gasteiger partial charge in [-0.2, -0.15) is 0 Å². The van der Waals surface area contributed by atoms with Crippen LogP contribution in [0.4, 0.5) is 0 Å². The van der Waals surface area contributed by atoms with Crippen LogP contribution in [-0.4, -0.2) is 48.9 Å². The summed E-state index contributed by atoms with van der Waals surface area (Å²) in [5.41, 5.74) is 1.03. The monoisotopic (exact) mass is 371 g/mol. The fourth-order valence-electron chi connectivity index (χ4n) is 3.23. The fraction of sp³-hybridized carbons (Fsp3) is 0.389. The minimum absolute atomic E-state index is 0.201. The molecule has 4 rings (SSSR count). The van der Waals surface area contributed by atoms with Crippen LogP contribution in [-0.2, 0) is 20.0 Å². The van der Waals surface area contributed by atoms with Gasteiger partial charge in [-0.25, -0.2) is 0 Å². The Kier molecular flexibility index (Phi) is 5.05. The highest BCUT2D eigenvalue weighted by molar-refractivity contribution is 7.99. The largest absolute Gasteiger partial charge is 0.453 e. The normalized spacial score (nSPS) is 20.7. The van der Waals surface area contributed by atoms with Crippen molar-refractivity contribution in [1.29, 1.82) is 0 Å². The molecule has 136 valence electrons. The van der Waals surface area contributed by atoms with Crippen LogP contribution >= 0.6 is 11.8 Å². The van der Waals surface area contributed by atoms with Crippen molar-refractivity contribution in [3.05, 3.63) is 54.3 Å². The highest BCUT2D eigenvalue weighted by atomic mass is 32.2. The van der Waals surface area contributed by atoms with E-state index < -0.39 is 0 Å². The Morgan fingerprint density at radius 3 is 2.96 bits per heavy atom. The first-order valence-corrected chi connectivity index (χ1v) is 9.40. The number of pyridine rings is 1. The summed E-state index contributed by atoms with van der Waals surface area (Å²) in [6, 6.07) is 9.84. The second kappa shape index (κ2) is 7.61. The van der Waals surface area contributed by atoms with E-state index >= 15 is 0 Å². The Labute approximate surface area is 156 Å². The first-order chi connectivity index (χ1) is 12.7. The third-order valence-electron chi connectivity index (χ3n) is 4.56. The number of likely N-dealkylation sites (tertiary alicyclic amines) is 1. The average molecular weight is 371 g/mol. The molecule has 7 nitrogen and oxygen atoms in total. The molecule has 1 fully saturated rings. The molecule has 0 amide bonds. The standard InChI is InChI=1S/C18H21N5O2S/c1-22-12-20-21-18(22)26-17-6-5-15(25-17)10-23-9-13(16(24)11-23)8-14-4-2-3-7-19-14/h2-7,12-13,16,24H,8-11H2,1H3/t13-,16-/m1/s1. The van der Waals surface area contributed by atoms with Crippen molar-refractivity contribution in [1.82, 2.24) is 24.6 Å². The van der Waals surface area contributed by atoms with Crippen molar-refractivity contribution >= 4 is 11.8 Å². The summed E-state index contributed by atoms with van der Waals surface area (Å²) in [6.45, 7) is 2.18. The van der Waals surface area contributed by atoms with Gasteiger partial charge < -0.3 is 14.1 Å². The van der Waals surface area contributed by atoms with Crippen molar-refractivity contribution < 1.29 is 9.52 Å². The summed E-state index contributed by atoms with van der Waals surface area (Å²) in [6.07, 6.45) is 3.93. The third kappa shape index (κ3) is 3.98. The quantitative estimate of drug-likeness (QED) is 0.710. The minimum atomic E-state index is -0.334. The Bertz CT molecular complexity index is 850. The summed E-state index contributed by atoms with van der Waals surface area (Å²) in [7, 11) is 1.90. The second-order valence-corrected chi connectivity index (χ2v) is 7.57. The second-order valence-electron chi connectivity index (χ2n) is 6.59. The first-order valence-electron chi connectivity index (χ1n) is 8.58. The van der Waals surface area contributed by atoms with Gasteiger partial charge in [0.2, 0.25) is 0 Å². The number of aliphatic hydroxyl groups excluding tert-OH is 1. The van der Waals surface area contributed by atoms with E-state index in [0.29, 0.717) is 13.1 Å². The van der Waals surface area contributed by atoms with E-state index in [1.807, 2.05) is 41.9 Å². The number of hydrogen-bond donors (Lipinski definition) is 1. The van der Waals surface area contributed by atoms with Crippen molar-refractivity contribution in [3.8, 4) is 0 Å². The maximum atomic E-state index is 10.4. The SMILES string of the molecule is Cn1cnnc1Sc1ccc(CN2C[C@@H](Cc3ccccn3)[C@H](O)C2)o1. The van der Waals surface area contributed by atoms with Gasteiger partial charge in [0, 0.05) is 37.9 Å². The molecule has 1 aliphatic heterocycles. The molecule has 0 aliphatic carbocycles. The molecule has 3 aromatic heterocycles. The van der Waals surface area contributed by atoms with Gasteiger partial charge in [0.15, 0.2) is 10.2 Å². The van der Waals surface area contributed by atoms with Crippen molar-refractivity contribution in [2.24, 2.45) is 13.0 Å². The molecule has 1 N–H and O–H groups in total. The molecule has 8 heteroatoms. The first kappa shape index (κ1) is 17.3. The lowest BCUT2D eigenvalue weighted by atomic mass is 10.00. The topological polar surface area (TPSA) is 80.2 Å². The number of aromatic nitrogens is 4. The van der Waals surface area contributed by atoms with Gasteiger partial charge in [0.25, 0.3) is 0 Å². The molecule has 0 saturated carbocycles. The van der Waals surface area contributed by atoms with Crippen molar-refractivity contribution in [3.63, 3.8) is 0 Å². The van der Waals surface area contributed by atoms with E-state index in [0.717, 1.165) is 34.7 Å². The van der Waals surface area contributed by atoms with E-state index in [-0.39, 0.29) is 12.0 Å². The number of nitrogens with zero attached hydrogens (tertiary/aromatic N) is 5. The smallest absolute Gasteiger partial charge is 0.198 e. The summed E-state index contributed by atoms with van der Waals surface area (Å²) < 4.78 is 7.76. The Hall–Kier alpha value is -2.16. The number of aryl methyl sites for hydroxylation is 1. The van der Waals surface area contributed by atoms with Crippen LogP contribution < -0.4 is 0 Å². The summed E-state index contributed by atoms with van der Waals surface area (Å²) in [5.74, 6) is 1.09. The number of β-amino-alcohol motifs (C(OH)–C–C–N with tert-alkyl or cyclic N) is 1. The van der Waals surface area contributed by atoms with Gasteiger partial charge in [0.1, 0.15) is 12.1 Å². The van der Waals surface area contributed by atoms with Crippen LogP contribution in [0, 0.1) is 5.92 Å². The predicted molar refractivity (Wildman–Crippen MR) is 96.5 cm³/mol. The van der Waals surface area contributed by atoms with Gasteiger partial charge in [-0.1, -0.05) is 6.07 Å². The molecule has 0 spiro atoms. The molecule has 0 bridgehead atoms.